The standard InChI is InChI=1S/C7H2Br2FN/c8-6-2-5(10)1-4(3-11)7(6)9/h1-2H. The van der Waals surface area contributed by atoms with Crippen LogP contribution < -0.4 is 0 Å². The molecule has 0 amide bonds. The fourth-order valence-electron chi connectivity index (χ4n) is 0.637. The van der Waals surface area contributed by atoms with Gasteiger partial charge in [0.05, 0.1) is 5.56 Å². The molecule has 0 bridgehead atoms. The van der Waals surface area contributed by atoms with E-state index in [1.807, 2.05) is 6.07 Å². The van der Waals surface area contributed by atoms with Crippen molar-refractivity contribution in [3.63, 3.8) is 0 Å². The summed E-state index contributed by atoms with van der Waals surface area (Å²) in [5.41, 5.74) is 0.289. The topological polar surface area (TPSA) is 23.8 Å². The summed E-state index contributed by atoms with van der Waals surface area (Å²) < 4.78 is 13.7. The van der Waals surface area contributed by atoms with E-state index in [0.29, 0.717) is 8.95 Å². The lowest BCUT2D eigenvalue weighted by atomic mass is 10.2. The SMILES string of the molecule is N#Cc1cc(F)cc(Br)c1Br. The molecule has 0 radical (unpaired) electrons. The highest BCUT2D eigenvalue weighted by atomic mass is 79.9. The fourth-order valence-corrected chi connectivity index (χ4v) is 1.39. The normalized spacial score (nSPS) is 9.27. The molecule has 1 rings (SSSR count). The summed E-state index contributed by atoms with van der Waals surface area (Å²) >= 11 is 6.24. The minimum Gasteiger partial charge on any atom is -0.207 e. The summed E-state index contributed by atoms with van der Waals surface area (Å²) in [4.78, 5) is 0. The van der Waals surface area contributed by atoms with Crippen LogP contribution in [0.1, 0.15) is 5.56 Å². The molecule has 11 heavy (non-hydrogen) atoms. The van der Waals surface area contributed by atoms with Crippen LogP contribution in [-0.2, 0) is 0 Å². The maximum Gasteiger partial charge on any atom is 0.125 e. The molecule has 0 aliphatic rings. The van der Waals surface area contributed by atoms with Crippen LogP contribution in [0.3, 0.4) is 0 Å². The lowest BCUT2D eigenvalue weighted by Gasteiger charge is -1.97. The Kier molecular flexibility index (Phi) is 2.63. The van der Waals surface area contributed by atoms with Crippen LogP contribution in [-0.4, -0.2) is 0 Å². The van der Waals surface area contributed by atoms with E-state index < -0.39 is 5.82 Å². The van der Waals surface area contributed by atoms with Gasteiger partial charge in [-0.05, 0) is 44.0 Å². The van der Waals surface area contributed by atoms with E-state index in [1.54, 1.807) is 0 Å². The average molecular weight is 279 g/mol. The quantitative estimate of drug-likeness (QED) is 0.669. The van der Waals surface area contributed by atoms with Gasteiger partial charge >= 0.3 is 0 Å². The lowest BCUT2D eigenvalue weighted by Crippen LogP contribution is -1.82. The number of nitriles is 1. The Morgan fingerprint density at radius 1 is 1.36 bits per heavy atom. The van der Waals surface area contributed by atoms with E-state index in [0.717, 1.165) is 0 Å². The molecule has 0 aliphatic carbocycles. The predicted molar refractivity (Wildman–Crippen MR) is 46.5 cm³/mol. The van der Waals surface area contributed by atoms with E-state index in [4.69, 9.17) is 5.26 Å². The summed E-state index contributed by atoms with van der Waals surface area (Å²) in [6.45, 7) is 0. The molecule has 0 atom stereocenters. The van der Waals surface area contributed by atoms with Crippen LogP contribution in [0.5, 0.6) is 0 Å². The van der Waals surface area contributed by atoms with Gasteiger partial charge in [-0.1, -0.05) is 0 Å². The molecule has 0 saturated carbocycles. The van der Waals surface area contributed by atoms with Crippen molar-refractivity contribution in [3.05, 3.63) is 32.5 Å². The van der Waals surface area contributed by atoms with E-state index in [1.165, 1.54) is 12.1 Å². The lowest BCUT2D eigenvalue weighted by molar-refractivity contribution is 0.626. The van der Waals surface area contributed by atoms with E-state index in [-0.39, 0.29) is 5.56 Å². The predicted octanol–water partition coefficient (Wildman–Crippen LogP) is 3.22. The molecular weight excluding hydrogens is 277 g/mol. The molecule has 1 aromatic carbocycles. The second-order valence-corrected chi connectivity index (χ2v) is 3.51. The van der Waals surface area contributed by atoms with Crippen molar-refractivity contribution < 1.29 is 4.39 Å². The number of rotatable bonds is 0. The van der Waals surface area contributed by atoms with Gasteiger partial charge in [-0.3, -0.25) is 0 Å². The van der Waals surface area contributed by atoms with Gasteiger partial charge in [0.1, 0.15) is 11.9 Å². The molecular formula is C7H2Br2FN. The average Bonchev–Trinajstić information content (AvgIpc) is 1.96. The zero-order chi connectivity index (χ0) is 8.43. The third kappa shape index (κ3) is 1.79. The Labute approximate surface area is 80.1 Å². The Hall–Kier alpha value is -0.400. The zero-order valence-electron chi connectivity index (χ0n) is 5.24. The van der Waals surface area contributed by atoms with E-state index >= 15 is 0 Å². The molecule has 1 aromatic rings. The van der Waals surface area contributed by atoms with Crippen LogP contribution in [0.15, 0.2) is 21.1 Å². The largest absolute Gasteiger partial charge is 0.207 e. The first kappa shape index (κ1) is 8.69. The molecule has 0 fully saturated rings. The number of benzene rings is 1. The molecule has 0 aliphatic heterocycles. The molecule has 4 heteroatoms. The van der Waals surface area contributed by atoms with E-state index in [2.05, 4.69) is 31.9 Å². The van der Waals surface area contributed by atoms with Crippen molar-refractivity contribution in [1.29, 1.82) is 5.26 Å². The smallest absolute Gasteiger partial charge is 0.125 e. The third-order valence-corrected chi connectivity index (χ3v) is 3.13. The minimum atomic E-state index is -0.420. The van der Waals surface area contributed by atoms with Gasteiger partial charge in [0.15, 0.2) is 0 Å². The Bertz CT molecular complexity index is 330. The highest BCUT2D eigenvalue weighted by molar-refractivity contribution is 9.13. The number of hydrogen-bond acceptors (Lipinski definition) is 1. The van der Waals surface area contributed by atoms with Crippen molar-refractivity contribution >= 4 is 31.9 Å². The summed E-state index contributed by atoms with van der Waals surface area (Å²) in [6.07, 6.45) is 0. The first-order valence-corrected chi connectivity index (χ1v) is 4.28. The first-order valence-electron chi connectivity index (χ1n) is 2.70. The summed E-state index contributed by atoms with van der Waals surface area (Å²) in [5.74, 6) is -0.420. The number of nitrogens with zero attached hydrogens (tertiary/aromatic N) is 1. The Balaban J connectivity index is 3.39. The fraction of sp³-hybridized carbons (Fsp3) is 0. The third-order valence-electron chi connectivity index (χ3n) is 1.11. The maximum absolute atomic E-state index is 12.6. The van der Waals surface area contributed by atoms with Gasteiger partial charge in [-0.2, -0.15) is 5.26 Å². The molecule has 0 N–H and O–H groups in total. The van der Waals surface area contributed by atoms with Crippen LogP contribution in [0.2, 0.25) is 0 Å². The van der Waals surface area contributed by atoms with Crippen molar-refractivity contribution in [2.75, 3.05) is 0 Å². The zero-order valence-corrected chi connectivity index (χ0v) is 8.41. The number of hydrogen-bond donors (Lipinski definition) is 0. The maximum atomic E-state index is 12.6. The molecule has 0 spiro atoms. The second kappa shape index (κ2) is 3.33. The van der Waals surface area contributed by atoms with Crippen LogP contribution in [0.25, 0.3) is 0 Å². The van der Waals surface area contributed by atoms with Crippen molar-refractivity contribution in [1.82, 2.24) is 0 Å². The first-order chi connectivity index (χ1) is 5.15. The van der Waals surface area contributed by atoms with Crippen molar-refractivity contribution in [2.24, 2.45) is 0 Å². The van der Waals surface area contributed by atoms with Crippen LogP contribution in [0.4, 0.5) is 4.39 Å². The van der Waals surface area contributed by atoms with Crippen LogP contribution >= 0.6 is 31.9 Å². The summed E-state index contributed by atoms with van der Waals surface area (Å²) in [6, 6.07) is 4.33. The molecule has 0 aromatic heterocycles. The van der Waals surface area contributed by atoms with Gasteiger partial charge in [0.25, 0.3) is 0 Å². The molecule has 56 valence electrons. The van der Waals surface area contributed by atoms with Gasteiger partial charge in [0, 0.05) is 8.95 Å². The minimum absolute atomic E-state index is 0.289. The van der Waals surface area contributed by atoms with Crippen molar-refractivity contribution in [3.8, 4) is 6.07 Å². The Morgan fingerprint density at radius 3 is 2.55 bits per heavy atom. The highest BCUT2D eigenvalue weighted by Gasteiger charge is 2.05. The van der Waals surface area contributed by atoms with Gasteiger partial charge < -0.3 is 0 Å². The molecule has 0 heterocycles. The summed E-state index contributed by atoms with van der Waals surface area (Å²) in [7, 11) is 0. The van der Waals surface area contributed by atoms with E-state index in [9.17, 15) is 4.39 Å². The van der Waals surface area contributed by atoms with Gasteiger partial charge in [0.2, 0.25) is 0 Å². The Morgan fingerprint density at radius 2 is 2.00 bits per heavy atom. The van der Waals surface area contributed by atoms with Crippen molar-refractivity contribution in [2.45, 2.75) is 0 Å². The second-order valence-electron chi connectivity index (χ2n) is 1.86. The molecule has 1 nitrogen and oxygen atoms in total. The van der Waals surface area contributed by atoms with Crippen LogP contribution in [0, 0.1) is 17.1 Å². The van der Waals surface area contributed by atoms with Gasteiger partial charge in [-0.25, -0.2) is 4.39 Å². The highest BCUT2D eigenvalue weighted by Crippen LogP contribution is 2.27. The summed E-state index contributed by atoms with van der Waals surface area (Å²) in [5, 5.41) is 8.50. The molecule has 0 saturated heterocycles. The number of halogens is 3. The van der Waals surface area contributed by atoms with Gasteiger partial charge in [-0.15, -0.1) is 0 Å². The molecule has 0 unspecified atom stereocenters. The monoisotopic (exact) mass is 277 g/mol.